The number of carbonyl (C=O) groups excluding carboxylic acids is 2. The van der Waals surface area contributed by atoms with Gasteiger partial charge in [-0.3, -0.25) is 9.59 Å². The Balaban J connectivity index is 1.79. The maximum Gasteiger partial charge on any atom is 0.356 e. The average Bonchev–Trinajstić information content (AvgIpc) is 2.94. The molecular weight excluding hydrogens is 500 g/mol. The van der Waals surface area contributed by atoms with E-state index in [0.717, 1.165) is 30.4 Å². The molecule has 0 saturated heterocycles. The zero-order valence-electron chi connectivity index (χ0n) is 21.6. The molecule has 0 aliphatic carbocycles. The van der Waals surface area contributed by atoms with E-state index >= 15 is 0 Å². The third kappa shape index (κ3) is 8.43. The van der Waals surface area contributed by atoms with E-state index < -0.39 is 30.0 Å². The van der Waals surface area contributed by atoms with Gasteiger partial charge in [-0.05, 0) is 41.3 Å². The number of aliphatic carboxylic acids is 2. The highest BCUT2D eigenvalue weighted by Crippen LogP contribution is 2.23. The number of ether oxygens (including phenoxy) is 1. The van der Waals surface area contributed by atoms with Crippen LogP contribution in [-0.4, -0.2) is 52.7 Å². The summed E-state index contributed by atoms with van der Waals surface area (Å²) in [6.07, 6.45) is 0.907. The summed E-state index contributed by atoms with van der Waals surface area (Å²) in [5.41, 5.74) is 2.71. The van der Waals surface area contributed by atoms with E-state index in [1.54, 1.807) is 24.3 Å². The van der Waals surface area contributed by atoms with E-state index in [1.165, 1.54) is 12.1 Å². The number of nitrogens with one attached hydrogen (secondary N) is 2. The van der Waals surface area contributed by atoms with Crippen LogP contribution in [0, 0.1) is 0 Å². The van der Waals surface area contributed by atoms with Crippen molar-refractivity contribution in [1.29, 1.82) is 0 Å². The van der Waals surface area contributed by atoms with E-state index in [2.05, 4.69) is 17.6 Å². The van der Waals surface area contributed by atoms with Gasteiger partial charge in [0.1, 0.15) is 11.8 Å². The van der Waals surface area contributed by atoms with Crippen molar-refractivity contribution in [2.45, 2.75) is 44.8 Å². The Morgan fingerprint density at radius 1 is 0.821 bits per heavy atom. The van der Waals surface area contributed by atoms with Crippen LogP contribution in [0.3, 0.4) is 0 Å². The van der Waals surface area contributed by atoms with Gasteiger partial charge in [-0.2, -0.15) is 0 Å². The molecule has 204 valence electrons. The van der Waals surface area contributed by atoms with Gasteiger partial charge < -0.3 is 25.6 Å². The maximum absolute atomic E-state index is 13.4. The Bertz CT molecular complexity index is 1260. The lowest BCUT2D eigenvalue weighted by atomic mass is 9.98. The van der Waals surface area contributed by atoms with Crippen LogP contribution in [0.5, 0.6) is 5.75 Å². The normalized spacial score (nSPS) is 11.4. The van der Waals surface area contributed by atoms with Gasteiger partial charge in [0.25, 0.3) is 12.0 Å². The molecule has 9 heteroatoms. The van der Waals surface area contributed by atoms with Crippen LogP contribution < -0.4 is 15.4 Å². The van der Waals surface area contributed by atoms with Crippen molar-refractivity contribution in [3.63, 3.8) is 0 Å². The first-order valence-electron chi connectivity index (χ1n) is 12.7. The Morgan fingerprint density at radius 3 is 2.10 bits per heavy atom. The molecule has 0 fully saturated rings. The number of carbonyl (C=O) groups is 4. The van der Waals surface area contributed by atoms with Gasteiger partial charge in [0.2, 0.25) is 5.91 Å². The van der Waals surface area contributed by atoms with Gasteiger partial charge in [-0.1, -0.05) is 80.4 Å². The molecule has 3 aromatic rings. The van der Waals surface area contributed by atoms with Crippen molar-refractivity contribution in [2.24, 2.45) is 0 Å². The van der Waals surface area contributed by atoms with Gasteiger partial charge >= 0.3 is 11.9 Å². The monoisotopic (exact) mass is 532 g/mol. The number of hydrogen-bond donors (Lipinski definition) is 4. The van der Waals surface area contributed by atoms with Crippen LogP contribution in [0.4, 0.5) is 0 Å². The number of carboxylic acid groups (broad SMARTS) is 2. The molecule has 39 heavy (non-hydrogen) atoms. The number of amides is 2. The summed E-state index contributed by atoms with van der Waals surface area (Å²) < 4.78 is 5.05. The first-order valence-corrected chi connectivity index (χ1v) is 12.7. The van der Waals surface area contributed by atoms with Gasteiger partial charge in [0.15, 0.2) is 0 Å². The zero-order chi connectivity index (χ0) is 28.2. The van der Waals surface area contributed by atoms with E-state index in [9.17, 15) is 19.2 Å². The number of hydrogen-bond acceptors (Lipinski definition) is 5. The molecule has 0 bridgehead atoms. The lowest BCUT2D eigenvalue weighted by Crippen LogP contribution is -2.48. The predicted octanol–water partition coefficient (Wildman–Crippen LogP) is 3.92. The number of benzene rings is 3. The molecule has 0 unspecified atom stereocenters. The average molecular weight is 533 g/mol. The molecule has 4 N–H and O–H groups in total. The molecule has 0 aliphatic rings. The Morgan fingerprint density at radius 2 is 1.46 bits per heavy atom. The molecule has 0 aromatic heterocycles. The Kier molecular flexibility index (Phi) is 10.6. The largest absolute Gasteiger partial charge is 0.478 e. The van der Waals surface area contributed by atoms with Crippen LogP contribution in [0.15, 0.2) is 78.9 Å². The molecule has 3 aromatic carbocycles. The lowest BCUT2D eigenvalue weighted by molar-refractivity contribution is -0.159. The van der Waals surface area contributed by atoms with Crippen molar-refractivity contribution in [1.82, 2.24) is 10.6 Å². The van der Waals surface area contributed by atoms with E-state index in [4.69, 9.17) is 14.9 Å². The topological polar surface area (TPSA) is 142 Å². The highest BCUT2D eigenvalue weighted by Gasteiger charge is 2.28. The summed E-state index contributed by atoms with van der Waals surface area (Å²) in [5, 5.41) is 23.8. The summed E-state index contributed by atoms with van der Waals surface area (Å²) in [5.74, 6) is -3.91. The fourth-order valence-electron chi connectivity index (χ4n) is 3.99. The predicted molar refractivity (Wildman–Crippen MR) is 146 cm³/mol. The van der Waals surface area contributed by atoms with E-state index in [-0.39, 0.29) is 18.1 Å². The lowest BCUT2D eigenvalue weighted by Gasteiger charge is -2.20. The number of unbranched alkanes of at least 4 members (excludes halogenated alkanes) is 2. The van der Waals surface area contributed by atoms with Gasteiger partial charge in [-0.15, -0.1) is 0 Å². The zero-order valence-corrected chi connectivity index (χ0v) is 21.6. The minimum atomic E-state index is -2.04. The number of rotatable bonds is 14. The molecular formula is C30H32N2O7. The van der Waals surface area contributed by atoms with Crippen molar-refractivity contribution < 1.29 is 34.1 Å². The van der Waals surface area contributed by atoms with Crippen molar-refractivity contribution in [3.8, 4) is 16.9 Å². The summed E-state index contributed by atoms with van der Waals surface area (Å²) >= 11 is 0. The molecule has 9 nitrogen and oxygen atoms in total. The molecule has 3 rings (SSSR count). The van der Waals surface area contributed by atoms with Crippen LogP contribution >= 0.6 is 0 Å². The first-order chi connectivity index (χ1) is 18.8. The third-order valence-corrected chi connectivity index (χ3v) is 6.02. The Labute approximate surface area is 226 Å². The standard InChI is InChI=1S/C30H32N2O7/c1-2-3-9-18-31-28(34)25(19-20-14-16-22(17-15-20)39-26(29(35)36)30(37)38)32-27(33)24-13-8-7-12-23(24)21-10-5-4-6-11-21/h4-8,10-17,25-26H,2-3,9,18-19H2,1H3,(H,31,34)(H,32,33)(H,35,36)(H,37,38)/t25-/m0/s1. The van der Waals surface area contributed by atoms with Crippen molar-refractivity contribution in [3.05, 3.63) is 90.0 Å². The molecule has 1 atom stereocenters. The molecule has 0 heterocycles. The third-order valence-electron chi connectivity index (χ3n) is 6.02. The summed E-state index contributed by atoms with van der Waals surface area (Å²) in [7, 11) is 0. The SMILES string of the molecule is CCCCCNC(=O)[C@H](Cc1ccc(OC(C(=O)O)C(=O)O)cc1)NC(=O)c1ccccc1-c1ccccc1. The van der Waals surface area contributed by atoms with Crippen LogP contribution in [0.25, 0.3) is 11.1 Å². The minimum absolute atomic E-state index is 0.0509. The van der Waals surface area contributed by atoms with Crippen molar-refractivity contribution >= 4 is 23.8 Å². The van der Waals surface area contributed by atoms with Gasteiger partial charge in [0, 0.05) is 18.5 Å². The fraction of sp³-hybridized carbons (Fsp3) is 0.267. The highest BCUT2D eigenvalue weighted by molar-refractivity contribution is 6.03. The molecule has 2 amide bonds. The highest BCUT2D eigenvalue weighted by atomic mass is 16.5. The number of carboxylic acids is 2. The second-order valence-corrected chi connectivity index (χ2v) is 8.96. The van der Waals surface area contributed by atoms with Crippen LogP contribution in [0.1, 0.15) is 42.1 Å². The molecule has 0 saturated carbocycles. The van der Waals surface area contributed by atoms with Crippen LogP contribution in [0.2, 0.25) is 0 Å². The van der Waals surface area contributed by atoms with E-state index in [0.29, 0.717) is 17.7 Å². The fourth-order valence-corrected chi connectivity index (χ4v) is 3.99. The van der Waals surface area contributed by atoms with Gasteiger partial charge in [0.05, 0.1) is 0 Å². The quantitative estimate of drug-likeness (QED) is 0.182. The second-order valence-electron chi connectivity index (χ2n) is 8.96. The Hall–Kier alpha value is -4.66. The van der Waals surface area contributed by atoms with Crippen molar-refractivity contribution in [2.75, 3.05) is 6.54 Å². The van der Waals surface area contributed by atoms with E-state index in [1.807, 2.05) is 42.5 Å². The second kappa shape index (κ2) is 14.3. The molecule has 0 radical (unpaired) electrons. The minimum Gasteiger partial charge on any atom is -0.478 e. The molecule has 0 spiro atoms. The van der Waals surface area contributed by atoms with Crippen LogP contribution in [-0.2, 0) is 20.8 Å². The maximum atomic E-state index is 13.4. The summed E-state index contributed by atoms with van der Waals surface area (Å²) in [6, 6.07) is 21.8. The summed E-state index contributed by atoms with van der Waals surface area (Å²) in [6.45, 7) is 2.55. The summed E-state index contributed by atoms with van der Waals surface area (Å²) in [4.78, 5) is 48.7. The van der Waals surface area contributed by atoms with Gasteiger partial charge in [-0.25, -0.2) is 9.59 Å². The molecule has 0 aliphatic heterocycles. The smallest absolute Gasteiger partial charge is 0.356 e. The first kappa shape index (κ1) is 28.9.